The fraction of sp³-hybridized carbons (Fsp3) is 0.263. The maximum Gasteiger partial charge on any atom is 0.306 e. The fourth-order valence-electron chi connectivity index (χ4n) is 2.15. The highest BCUT2D eigenvalue weighted by Crippen LogP contribution is 2.14. The molecule has 0 heterocycles. The number of aliphatic carboxylic acids is 1. The number of anilines is 1. The van der Waals surface area contributed by atoms with Crippen LogP contribution in [0.2, 0.25) is 0 Å². The van der Waals surface area contributed by atoms with Crippen LogP contribution in [0.3, 0.4) is 0 Å². The van der Waals surface area contributed by atoms with Gasteiger partial charge in [0.15, 0.2) is 6.61 Å². The second-order valence-electron chi connectivity index (χ2n) is 5.79. The molecule has 24 heavy (non-hydrogen) atoms. The van der Waals surface area contributed by atoms with Crippen LogP contribution in [0, 0.1) is 12.8 Å². The lowest BCUT2D eigenvalue weighted by atomic mass is 10.0. The van der Waals surface area contributed by atoms with E-state index in [4.69, 9.17) is 9.84 Å². The molecule has 0 fully saturated rings. The van der Waals surface area contributed by atoms with Crippen LogP contribution >= 0.6 is 0 Å². The number of carboxylic acids is 1. The van der Waals surface area contributed by atoms with Crippen LogP contribution in [0.1, 0.15) is 18.1 Å². The van der Waals surface area contributed by atoms with E-state index in [-0.39, 0.29) is 12.5 Å². The topological polar surface area (TPSA) is 75.6 Å². The molecule has 0 aliphatic heterocycles. The first-order valence-electron chi connectivity index (χ1n) is 7.75. The molecule has 0 aromatic heterocycles. The molecule has 1 amide bonds. The normalized spacial score (nSPS) is 11.6. The summed E-state index contributed by atoms with van der Waals surface area (Å²) in [7, 11) is 0. The maximum atomic E-state index is 11.9. The first kappa shape index (κ1) is 17.5. The minimum Gasteiger partial charge on any atom is -0.484 e. The third kappa shape index (κ3) is 5.43. The molecular weight excluding hydrogens is 306 g/mol. The number of hydrogen-bond acceptors (Lipinski definition) is 3. The Balaban J connectivity index is 1.83. The van der Waals surface area contributed by atoms with E-state index in [1.54, 1.807) is 19.1 Å². The molecule has 0 aliphatic rings. The molecule has 5 nitrogen and oxygen atoms in total. The van der Waals surface area contributed by atoms with Crippen LogP contribution < -0.4 is 10.1 Å². The summed E-state index contributed by atoms with van der Waals surface area (Å²) < 4.78 is 5.42. The van der Waals surface area contributed by atoms with Gasteiger partial charge in [-0.1, -0.05) is 36.8 Å². The molecule has 2 aromatic carbocycles. The average Bonchev–Trinajstić information content (AvgIpc) is 2.56. The van der Waals surface area contributed by atoms with Gasteiger partial charge in [0, 0.05) is 5.69 Å². The zero-order valence-electron chi connectivity index (χ0n) is 13.8. The van der Waals surface area contributed by atoms with Crippen molar-refractivity contribution in [1.29, 1.82) is 0 Å². The smallest absolute Gasteiger partial charge is 0.306 e. The van der Waals surface area contributed by atoms with E-state index in [1.807, 2.05) is 43.3 Å². The van der Waals surface area contributed by atoms with Crippen LogP contribution in [0.25, 0.3) is 0 Å². The Hall–Kier alpha value is -2.82. The van der Waals surface area contributed by atoms with E-state index < -0.39 is 11.9 Å². The van der Waals surface area contributed by atoms with Gasteiger partial charge in [-0.2, -0.15) is 0 Å². The Morgan fingerprint density at radius 3 is 2.29 bits per heavy atom. The van der Waals surface area contributed by atoms with E-state index in [9.17, 15) is 9.59 Å². The van der Waals surface area contributed by atoms with Gasteiger partial charge < -0.3 is 15.2 Å². The molecule has 2 N–H and O–H groups in total. The van der Waals surface area contributed by atoms with E-state index in [2.05, 4.69) is 5.32 Å². The molecule has 0 aliphatic carbocycles. The van der Waals surface area contributed by atoms with Crippen molar-refractivity contribution in [3.63, 3.8) is 0 Å². The van der Waals surface area contributed by atoms with Crippen molar-refractivity contribution in [3.8, 4) is 5.75 Å². The number of amides is 1. The lowest BCUT2D eigenvalue weighted by Crippen LogP contribution is -2.20. The van der Waals surface area contributed by atoms with E-state index in [0.717, 1.165) is 11.1 Å². The number of benzene rings is 2. The van der Waals surface area contributed by atoms with Crippen molar-refractivity contribution < 1.29 is 19.4 Å². The third-order valence-electron chi connectivity index (χ3n) is 3.59. The first-order valence-corrected chi connectivity index (χ1v) is 7.75. The van der Waals surface area contributed by atoms with Crippen LogP contribution in [0.15, 0.2) is 48.5 Å². The number of carboxylic acid groups (broad SMARTS) is 1. The van der Waals surface area contributed by atoms with E-state index in [1.165, 1.54) is 0 Å². The molecule has 2 rings (SSSR count). The van der Waals surface area contributed by atoms with Crippen LogP contribution in [-0.4, -0.2) is 23.6 Å². The molecule has 2 aromatic rings. The Kier molecular flexibility index (Phi) is 5.95. The van der Waals surface area contributed by atoms with Crippen molar-refractivity contribution in [3.05, 3.63) is 59.7 Å². The monoisotopic (exact) mass is 327 g/mol. The summed E-state index contributed by atoms with van der Waals surface area (Å²) in [6.07, 6.45) is 0.458. The molecule has 0 radical (unpaired) electrons. The Labute approximate surface area is 141 Å². The first-order chi connectivity index (χ1) is 11.4. The zero-order chi connectivity index (χ0) is 17.5. The standard InChI is InChI=1S/C19H21NO4/c1-13-3-9-17(10-4-13)24-12-18(21)20-16-7-5-15(6-8-16)11-14(2)19(22)23/h3-10,14H,11-12H2,1-2H3,(H,20,21)(H,22,23). The minimum absolute atomic E-state index is 0.0686. The van der Waals surface area contributed by atoms with Gasteiger partial charge in [-0.05, 0) is 43.2 Å². The summed E-state index contributed by atoms with van der Waals surface area (Å²) >= 11 is 0. The predicted octanol–water partition coefficient (Wildman–Crippen LogP) is 3.28. The van der Waals surface area contributed by atoms with Crippen molar-refractivity contribution >= 4 is 17.6 Å². The number of carbonyl (C=O) groups is 2. The molecule has 126 valence electrons. The number of aryl methyl sites for hydroxylation is 1. The molecular formula is C19H21NO4. The SMILES string of the molecule is Cc1ccc(OCC(=O)Nc2ccc(CC(C)C(=O)O)cc2)cc1. The summed E-state index contributed by atoms with van der Waals surface area (Å²) in [6, 6.07) is 14.6. The van der Waals surface area contributed by atoms with E-state index in [0.29, 0.717) is 17.9 Å². The van der Waals surface area contributed by atoms with Gasteiger partial charge in [0.05, 0.1) is 5.92 Å². The maximum absolute atomic E-state index is 11.9. The van der Waals surface area contributed by atoms with Gasteiger partial charge in [-0.25, -0.2) is 0 Å². The quantitative estimate of drug-likeness (QED) is 0.818. The highest BCUT2D eigenvalue weighted by Gasteiger charge is 2.11. The van der Waals surface area contributed by atoms with Crippen molar-refractivity contribution in [2.24, 2.45) is 5.92 Å². The number of carbonyl (C=O) groups excluding carboxylic acids is 1. The third-order valence-corrected chi connectivity index (χ3v) is 3.59. The van der Waals surface area contributed by atoms with Gasteiger partial charge in [0.25, 0.3) is 5.91 Å². The number of nitrogens with one attached hydrogen (secondary N) is 1. The molecule has 0 bridgehead atoms. The van der Waals surface area contributed by atoms with Gasteiger partial charge in [-0.15, -0.1) is 0 Å². The second-order valence-corrected chi connectivity index (χ2v) is 5.79. The molecule has 5 heteroatoms. The highest BCUT2D eigenvalue weighted by atomic mass is 16.5. The Morgan fingerprint density at radius 1 is 1.08 bits per heavy atom. The van der Waals surface area contributed by atoms with Crippen molar-refractivity contribution in [2.75, 3.05) is 11.9 Å². The number of ether oxygens (including phenoxy) is 1. The van der Waals surface area contributed by atoms with Crippen molar-refractivity contribution in [2.45, 2.75) is 20.3 Å². The second kappa shape index (κ2) is 8.15. The van der Waals surface area contributed by atoms with Gasteiger partial charge in [0.2, 0.25) is 0 Å². The average molecular weight is 327 g/mol. The summed E-state index contributed by atoms with van der Waals surface area (Å²) in [5, 5.41) is 11.7. The molecule has 0 saturated heterocycles. The predicted molar refractivity (Wildman–Crippen MR) is 92.2 cm³/mol. The molecule has 0 spiro atoms. The fourth-order valence-corrected chi connectivity index (χ4v) is 2.15. The highest BCUT2D eigenvalue weighted by molar-refractivity contribution is 5.91. The number of rotatable bonds is 7. The van der Waals surface area contributed by atoms with Crippen LogP contribution in [0.5, 0.6) is 5.75 Å². The van der Waals surface area contributed by atoms with Crippen molar-refractivity contribution in [1.82, 2.24) is 0 Å². The molecule has 1 atom stereocenters. The zero-order valence-corrected chi connectivity index (χ0v) is 13.8. The largest absolute Gasteiger partial charge is 0.484 e. The summed E-state index contributed by atoms with van der Waals surface area (Å²) in [4.78, 5) is 22.7. The van der Waals surface area contributed by atoms with Gasteiger partial charge in [-0.3, -0.25) is 9.59 Å². The summed E-state index contributed by atoms with van der Waals surface area (Å²) in [5.74, 6) is -0.857. The van der Waals surface area contributed by atoms with Crippen LogP contribution in [0.4, 0.5) is 5.69 Å². The Bertz CT molecular complexity index is 692. The number of hydrogen-bond donors (Lipinski definition) is 2. The molecule has 1 unspecified atom stereocenters. The summed E-state index contributed by atoms with van der Waals surface area (Å²) in [5.41, 5.74) is 2.70. The summed E-state index contributed by atoms with van der Waals surface area (Å²) in [6.45, 7) is 3.58. The lowest BCUT2D eigenvalue weighted by molar-refractivity contribution is -0.141. The lowest BCUT2D eigenvalue weighted by Gasteiger charge is -2.09. The van der Waals surface area contributed by atoms with Crippen LogP contribution in [-0.2, 0) is 16.0 Å². The van der Waals surface area contributed by atoms with E-state index >= 15 is 0 Å². The molecule has 0 saturated carbocycles. The van der Waals surface area contributed by atoms with Gasteiger partial charge in [0.1, 0.15) is 5.75 Å². The minimum atomic E-state index is -0.819. The van der Waals surface area contributed by atoms with Gasteiger partial charge >= 0.3 is 5.97 Å². The Morgan fingerprint density at radius 2 is 1.71 bits per heavy atom.